The quantitative estimate of drug-likeness (QED) is 0.676. The fourth-order valence-corrected chi connectivity index (χ4v) is 1.92. The summed E-state index contributed by atoms with van der Waals surface area (Å²) in [6, 6.07) is 5.95. The monoisotopic (exact) mass is 213 g/mol. The molecule has 0 unspecified atom stereocenters. The van der Waals surface area contributed by atoms with Gasteiger partial charge >= 0.3 is 0 Å². The summed E-state index contributed by atoms with van der Waals surface area (Å²) in [5.74, 6) is 0.805. The van der Waals surface area contributed by atoms with Gasteiger partial charge in [0.2, 0.25) is 0 Å². The summed E-state index contributed by atoms with van der Waals surface area (Å²) < 4.78 is 5.15. The van der Waals surface area contributed by atoms with E-state index in [1.807, 2.05) is 38.2 Å². The molecule has 3 aromatic rings. The van der Waals surface area contributed by atoms with Crippen molar-refractivity contribution in [1.82, 2.24) is 15.1 Å². The molecule has 0 saturated heterocycles. The van der Waals surface area contributed by atoms with Crippen molar-refractivity contribution in [2.24, 2.45) is 0 Å². The molecule has 0 saturated carbocycles. The lowest BCUT2D eigenvalue weighted by Gasteiger charge is -1.99. The van der Waals surface area contributed by atoms with Crippen LogP contribution in [-0.4, -0.2) is 15.1 Å². The van der Waals surface area contributed by atoms with E-state index in [0.29, 0.717) is 0 Å². The third kappa shape index (κ3) is 1.23. The SMILES string of the molecule is Cc1noc(C)c1-c1ccc2[nH]ccc2n1. The maximum atomic E-state index is 5.15. The Hall–Kier alpha value is -2.10. The van der Waals surface area contributed by atoms with Crippen LogP contribution in [0, 0.1) is 13.8 Å². The van der Waals surface area contributed by atoms with Crippen LogP contribution in [0.1, 0.15) is 11.5 Å². The number of hydrogen-bond donors (Lipinski definition) is 1. The topological polar surface area (TPSA) is 54.7 Å². The van der Waals surface area contributed by atoms with E-state index in [1.54, 1.807) is 0 Å². The molecule has 0 spiro atoms. The second-order valence-corrected chi connectivity index (χ2v) is 3.81. The number of hydrogen-bond acceptors (Lipinski definition) is 3. The normalized spacial score (nSPS) is 11.1. The van der Waals surface area contributed by atoms with E-state index in [2.05, 4.69) is 15.1 Å². The average molecular weight is 213 g/mol. The average Bonchev–Trinajstić information content (AvgIpc) is 2.85. The van der Waals surface area contributed by atoms with Crippen LogP contribution in [0.15, 0.2) is 28.9 Å². The molecule has 0 aromatic carbocycles. The van der Waals surface area contributed by atoms with Crippen LogP contribution in [-0.2, 0) is 0 Å². The summed E-state index contributed by atoms with van der Waals surface area (Å²) in [4.78, 5) is 7.69. The number of pyridine rings is 1. The van der Waals surface area contributed by atoms with Gasteiger partial charge in [-0.2, -0.15) is 0 Å². The first-order valence-electron chi connectivity index (χ1n) is 5.13. The molecule has 0 aliphatic rings. The Morgan fingerprint density at radius 1 is 1.19 bits per heavy atom. The van der Waals surface area contributed by atoms with Crippen LogP contribution in [0.5, 0.6) is 0 Å². The van der Waals surface area contributed by atoms with Gasteiger partial charge in [0, 0.05) is 6.20 Å². The minimum absolute atomic E-state index is 0.805. The van der Waals surface area contributed by atoms with Gasteiger partial charge in [0.25, 0.3) is 0 Å². The Morgan fingerprint density at radius 2 is 2.06 bits per heavy atom. The molecule has 3 aromatic heterocycles. The number of aryl methyl sites for hydroxylation is 2. The Morgan fingerprint density at radius 3 is 2.81 bits per heavy atom. The lowest BCUT2D eigenvalue weighted by atomic mass is 10.1. The zero-order valence-electron chi connectivity index (χ0n) is 9.11. The van der Waals surface area contributed by atoms with Crippen molar-refractivity contribution >= 4 is 11.0 Å². The first-order valence-corrected chi connectivity index (χ1v) is 5.13. The van der Waals surface area contributed by atoms with Crippen LogP contribution in [0.3, 0.4) is 0 Å². The molecular weight excluding hydrogens is 202 g/mol. The second kappa shape index (κ2) is 3.20. The summed E-state index contributed by atoms with van der Waals surface area (Å²) in [5, 5.41) is 3.94. The summed E-state index contributed by atoms with van der Waals surface area (Å²) >= 11 is 0. The third-order valence-corrected chi connectivity index (χ3v) is 2.69. The number of nitrogens with zero attached hydrogens (tertiary/aromatic N) is 2. The minimum Gasteiger partial charge on any atom is -0.361 e. The van der Waals surface area contributed by atoms with E-state index < -0.39 is 0 Å². The van der Waals surface area contributed by atoms with Gasteiger partial charge in [-0.25, -0.2) is 4.98 Å². The van der Waals surface area contributed by atoms with E-state index in [4.69, 9.17) is 4.52 Å². The molecule has 0 aliphatic heterocycles. The highest BCUT2D eigenvalue weighted by atomic mass is 16.5. The van der Waals surface area contributed by atoms with Crippen LogP contribution in [0.2, 0.25) is 0 Å². The Kier molecular flexibility index (Phi) is 1.83. The predicted octanol–water partition coefficient (Wildman–Crippen LogP) is 2.83. The van der Waals surface area contributed by atoms with E-state index >= 15 is 0 Å². The Balaban J connectivity index is 2.25. The number of aromatic nitrogens is 3. The molecule has 0 atom stereocenters. The highest BCUT2D eigenvalue weighted by molar-refractivity contribution is 5.79. The minimum atomic E-state index is 0.805. The molecule has 0 radical (unpaired) electrons. The molecule has 1 N–H and O–H groups in total. The highest BCUT2D eigenvalue weighted by Crippen LogP contribution is 2.26. The van der Waals surface area contributed by atoms with E-state index in [1.165, 1.54) is 0 Å². The first kappa shape index (κ1) is 9.15. The van der Waals surface area contributed by atoms with Crippen molar-refractivity contribution in [3.63, 3.8) is 0 Å². The molecule has 0 amide bonds. The van der Waals surface area contributed by atoms with Crippen LogP contribution in [0.25, 0.3) is 22.3 Å². The van der Waals surface area contributed by atoms with Gasteiger partial charge in [0.1, 0.15) is 5.76 Å². The molecule has 3 heterocycles. The standard InChI is InChI=1S/C12H11N3O/c1-7-12(8(2)16-15-7)11-4-3-9-10(14-11)5-6-13-9/h3-6,13H,1-2H3. The lowest BCUT2D eigenvalue weighted by molar-refractivity contribution is 0.393. The number of H-pyrrole nitrogens is 1. The molecule has 0 aliphatic carbocycles. The summed E-state index contributed by atoms with van der Waals surface area (Å²) in [6.07, 6.45) is 1.88. The fraction of sp³-hybridized carbons (Fsp3) is 0.167. The maximum absolute atomic E-state index is 5.15. The maximum Gasteiger partial charge on any atom is 0.143 e. The lowest BCUT2D eigenvalue weighted by Crippen LogP contribution is -1.86. The van der Waals surface area contributed by atoms with Crippen molar-refractivity contribution < 1.29 is 4.52 Å². The van der Waals surface area contributed by atoms with Gasteiger partial charge in [0.15, 0.2) is 0 Å². The van der Waals surface area contributed by atoms with Gasteiger partial charge < -0.3 is 9.51 Å². The van der Waals surface area contributed by atoms with Gasteiger partial charge in [-0.1, -0.05) is 5.16 Å². The largest absolute Gasteiger partial charge is 0.361 e. The van der Waals surface area contributed by atoms with Crippen LogP contribution in [0.4, 0.5) is 0 Å². The van der Waals surface area contributed by atoms with Crippen molar-refractivity contribution in [2.75, 3.05) is 0 Å². The summed E-state index contributed by atoms with van der Waals surface area (Å²) in [6.45, 7) is 3.83. The highest BCUT2D eigenvalue weighted by Gasteiger charge is 2.12. The van der Waals surface area contributed by atoms with Crippen molar-refractivity contribution in [3.8, 4) is 11.3 Å². The van der Waals surface area contributed by atoms with Crippen molar-refractivity contribution in [3.05, 3.63) is 35.9 Å². The number of aromatic amines is 1. The number of rotatable bonds is 1. The summed E-state index contributed by atoms with van der Waals surface area (Å²) in [5.41, 5.74) is 4.76. The third-order valence-electron chi connectivity index (χ3n) is 2.69. The molecule has 16 heavy (non-hydrogen) atoms. The van der Waals surface area contributed by atoms with Gasteiger partial charge in [-0.05, 0) is 32.0 Å². The van der Waals surface area contributed by atoms with Gasteiger partial charge in [0.05, 0.1) is 28.0 Å². The van der Waals surface area contributed by atoms with E-state index in [9.17, 15) is 0 Å². The smallest absolute Gasteiger partial charge is 0.143 e. The molecule has 4 heteroatoms. The number of fused-ring (bicyclic) bond motifs is 1. The van der Waals surface area contributed by atoms with Crippen LogP contribution < -0.4 is 0 Å². The fourth-order valence-electron chi connectivity index (χ4n) is 1.92. The zero-order valence-corrected chi connectivity index (χ0v) is 9.11. The van der Waals surface area contributed by atoms with Crippen LogP contribution >= 0.6 is 0 Å². The predicted molar refractivity (Wildman–Crippen MR) is 61.1 cm³/mol. The molecule has 3 rings (SSSR count). The van der Waals surface area contributed by atoms with Crippen molar-refractivity contribution in [2.45, 2.75) is 13.8 Å². The van der Waals surface area contributed by atoms with E-state index in [-0.39, 0.29) is 0 Å². The zero-order chi connectivity index (χ0) is 11.1. The first-order chi connectivity index (χ1) is 7.75. The van der Waals surface area contributed by atoms with Gasteiger partial charge in [-0.3, -0.25) is 0 Å². The Labute approximate surface area is 92.3 Å². The van der Waals surface area contributed by atoms with Gasteiger partial charge in [-0.15, -0.1) is 0 Å². The second-order valence-electron chi connectivity index (χ2n) is 3.81. The summed E-state index contributed by atoms with van der Waals surface area (Å²) in [7, 11) is 0. The molecule has 0 bridgehead atoms. The molecule has 0 fully saturated rings. The Bertz CT molecular complexity index is 632. The van der Waals surface area contributed by atoms with E-state index in [0.717, 1.165) is 33.7 Å². The molecular formula is C12H11N3O. The van der Waals surface area contributed by atoms with Crippen molar-refractivity contribution in [1.29, 1.82) is 0 Å². The number of nitrogens with one attached hydrogen (secondary N) is 1. The molecule has 4 nitrogen and oxygen atoms in total. The molecule has 80 valence electrons.